The van der Waals surface area contributed by atoms with E-state index in [0.717, 1.165) is 12.8 Å². The second-order valence-electron chi connectivity index (χ2n) is 7.57. The third kappa shape index (κ3) is 3.88. The van der Waals surface area contributed by atoms with Gasteiger partial charge >= 0.3 is 0 Å². The van der Waals surface area contributed by atoms with E-state index < -0.39 is 0 Å². The predicted molar refractivity (Wildman–Crippen MR) is 105 cm³/mol. The lowest BCUT2D eigenvalue weighted by Crippen LogP contribution is -2.30. The number of hydrogen-bond donors (Lipinski definition) is 2. The van der Waals surface area contributed by atoms with E-state index in [9.17, 15) is 9.59 Å². The summed E-state index contributed by atoms with van der Waals surface area (Å²) in [6.45, 7) is 1.89. The first-order valence-electron chi connectivity index (χ1n) is 9.61. The monoisotopic (exact) mass is 363 g/mol. The molecule has 1 saturated carbocycles. The van der Waals surface area contributed by atoms with Gasteiger partial charge in [-0.15, -0.1) is 0 Å². The molecule has 140 valence electrons. The average molecular weight is 363 g/mol. The first-order valence-corrected chi connectivity index (χ1v) is 9.61. The molecule has 1 aliphatic carbocycles. The van der Waals surface area contributed by atoms with E-state index in [4.69, 9.17) is 5.73 Å². The van der Waals surface area contributed by atoms with Crippen LogP contribution < -0.4 is 11.1 Å². The van der Waals surface area contributed by atoms with E-state index in [1.807, 2.05) is 41.3 Å². The average Bonchev–Trinajstić information content (AvgIpc) is 3.47. The molecule has 2 atom stereocenters. The van der Waals surface area contributed by atoms with E-state index in [2.05, 4.69) is 17.4 Å². The fourth-order valence-electron chi connectivity index (χ4n) is 3.86. The summed E-state index contributed by atoms with van der Waals surface area (Å²) < 4.78 is 0. The van der Waals surface area contributed by atoms with Crippen molar-refractivity contribution in [3.63, 3.8) is 0 Å². The Morgan fingerprint density at radius 1 is 1.04 bits per heavy atom. The van der Waals surface area contributed by atoms with Crippen LogP contribution in [0.5, 0.6) is 0 Å². The third-order valence-electron chi connectivity index (χ3n) is 5.58. The summed E-state index contributed by atoms with van der Waals surface area (Å²) in [7, 11) is 0. The minimum atomic E-state index is -0.00518. The lowest BCUT2D eigenvalue weighted by molar-refractivity contribution is -0.117. The fraction of sp³-hybridized carbons (Fsp3) is 0.364. The van der Waals surface area contributed by atoms with Crippen LogP contribution in [-0.2, 0) is 4.79 Å². The number of carbonyl (C=O) groups excluding carboxylic acids is 2. The Bertz CT molecular complexity index is 832. The first kappa shape index (κ1) is 17.7. The quantitative estimate of drug-likeness (QED) is 0.858. The van der Waals surface area contributed by atoms with Crippen LogP contribution in [0.3, 0.4) is 0 Å². The van der Waals surface area contributed by atoms with Crippen molar-refractivity contribution in [2.24, 2.45) is 17.6 Å². The molecule has 1 saturated heterocycles. The van der Waals surface area contributed by atoms with Crippen LogP contribution in [0, 0.1) is 11.8 Å². The molecule has 1 heterocycles. The molecule has 3 N–H and O–H groups in total. The van der Waals surface area contributed by atoms with E-state index >= 15 is 0 Å². The molecule has 0 unspecified atom stereocenters. The van der Waals surface area contributed by atoms with E-state index in [1.165, 1.54) is 5.56 Å². The standard InChI is InChI=1S/C22H25N3O2/c23-12-18-13-25(14-20(18)15-5-2-1-3-6-15)22(27)17-7-4-8-19(11-17)24-21(26)16-9-10-16/h1-8,11,16,18,20H,9-10,12-14,23H2,(H,24,26)/t18-,20+/m1/s1. The zero-order valence-electron chi connectivity index (χ0n) is 15.3. The predicted octanol–water partition coefficient (Wildman–Crippen LogP) is 2.85. The van der Waals surface area contributed by atoms with Crippen molar-refractivity contribution in [1.29, 1.82) is 0 Å². The lowest BCUT2D eigenvalue weighted by Gasteiger charge is -2.17. The minimum Gasteiger partial charge on any atom is -0.338 e. The van der Waals surface area contributed by atoms with Crippen molar-refractivity contribution in [3.8, 4) is 0 Å². The smallest absolute Gasteiger partial charge is 0.253 e. The molecule has 5 heteroatoms. The van der Waals surface area contributed by atoms with E-state index in [1.54, 1.807) is 6.07 Å². The molecule has 1 aliphatic heterocycles. The molecule has 0 aromatic heterocycles. The Hall–Kier alpha value is -2.66. The van der Waals surface area contributed by atoms with Gasteiger partial charge in [0, 0.05) is 36.2 Å². The Balaban J connectivity index is 1.48. The number of nitrogens with zero attached hydrogens (tertiary/aromatic N) is 1. The highest BCUT2D eigenvalue weighted by Crippen LogP contribution is 2.33. The molecule has 2 aliphatic rings. The van der Waals surface area contributed by atoms with E-state index in [0.29, 0.717) is 30.9 Å². The second-order valence-corrected chi connectivity index (χ2v) is 7.57. The van der Waals surface area contributed by atoms with Gasteiger partial charge in [-0.3, -0.25) is 9.59 Å². The van der Waals surface area contributed by atoms with Crippen LogP contribution in [0.4, 0.5) is 5.69 Å². The minimum absolute atomic E-state index is 0.00518. The summed E-state index contributed by atoms with van der Waals surface area (Å²) in [5.74, 6) is 0.703. The SMILES string of the molecule is NC[C@@H]1CN(C(=O)c2cccc(NC(=O)C3CC3)c2)C[C@H]1c1ccccc1. The van der Waals surface area contributed by atoms with Crippen LogP contribution >= 0.6 is 0 Å². The number of amides is 2. The van der Waals surface area contributed by atoms with Crippen molar-refractivity contribution in [2.75, 3.05) is 25.0 Å². The Morgan fingerprint density at radius 3 is 2.52 bits per heavy atom. The zero-order chi connectivity index (χ0) is 18.8. The summed E-state index contributed by atoms with van der Waals surface area (Å²) in [6, 6.07) is 17.5. The fourth-order valence-corrected chi connectivity index (χ4v) is 3.86. The first-order chi connectivity index (χ1) is 13.2. The van der Waals surface area contributed by atoms with Gasteiger partial charge in [-0.1, -0.05) is 36.4 Å². The molecule has 2 aromatic rings. The Morgan fingerprint density at radius 2 is 1.81 bits per heavy atom. The summed E-state index contributed by atoms with van der Waals surface area (Å²) in [4.78, 5) is 26.9. The summed E-state index contributed by atoms with van der Waals surface area (Å²) in [5.41, 5.74) is 8.51. The van der Waals surface area contributed by atoms with Crippen molar-refractivity contribution >= 4 is 17.5 Å². The Kier molecular flexibility index (Phi) is 4.94. The molecule has 4 rings (SSSR count). The largest absolute Gasteiger partial charge is 0.338 e. The summed E-state index contributed by atoms with van der Waals surface area (Å²) in [5, 5.41) is 2.91. The van der Waals surface area contributed by atoms with Gasteiger partial charge in [0.2, 0.25) is 5.91 Å². The number of rotatable bonds is 5. The topological polar surface area (TPSA) is 75.4 Å². The number of likely N-dealkylation sites (tertiary alicyclic amines) is 1. The number of carbonyl (C=O) groups is 2. The maximum Gasteiger partial charge on any atom is 0.253 e. The highest BCUT2D eigenvalue weighted by atomic mass is 16.2. The second kappa shape index (κ2) is 7.53. The summed E-state index contributed by atoms with van der Waals surface area (Å²) in [6.07, 6.45) is 1.92. The molecule has 27 heavy (non-hydrogen) atoms. The highest BCUT2D eigenvalue weighted by Gasteiger charge is 2.35. The van der Waals surface area contributed by atoms with Crippen LogP contribution in [-0.4, -0.2) is 36.3 Å². The van der Waals surface area contributed by atoms with Gasteiger partial charge in [0.15, 0.2) is 0 Å². The number of anilines is 1. The number of nitrogens with one attached hydrogen (secondary N) is 1. The van der Waals surface area contributed by atoms with Gasteiger partial charge in [-0.2, -0.15) is 0 Å². The van der Waals surface area contributed by atoms with Gasteiger partial charge in [-0.25, -0.2) is 0 Å². The van der Waals surface area contributed by atoms with Crippen LogP contribution in [0.15, 0.2) is 54.6 Å². The molecule has 0 bridgehead atoms. The molecule has 5 nitrogen and oxygen atoms in total. The summed E-state index contributed by atoms with van der Waals surface area (Å²) >= 11 is 0. The molecule has 2 aromatic carbocycles. The van der Waals surface area contributed by atoms with E-state index in [-0.39, 0.29) is 29.6 Å². The number of nitrogens with two attached hydrogens (primary N) is 1. The maximum atomic E-state index is 13.0. The van der Waals surface area contributed by atoms with Gasteiger partial charge in [0.25, 0.3) is 5.91 Å². The molecular weight excluding hydrogens is 338 g/mol. The maximum absolute atomic E-state index is 13.0. The third-order valence-corrected chi connectivity index (χ3v) is 5.58. The van der Waals surface area contributed by atoms with Crippen LogP contribution in [0.25, 0.3) is 0 Å². The van der Waals surface area contributed by atoms with Crippen molar-refractivity contribution < 1.29 is 9.59 Å². The van der Waals surface area contributed by atoms with Gasteiger partial charge in [0.05, 0.1) is 0 Å². The van der Waals surface area contributed by atoms with Crippen LogP contribution in [0.1, 0.15) is 34.7 Å². The number of benzene rings is 2. The zero-order valence-corrected chi connectivity index (χ0v) is 15.3. The van der Waals surface area contributed by atoms with Crippen molar-refractivity contribution in [2.45, 2.75) is 18.8 Å². The van der Waals surface area contributed by atoms with Crippen LogP contribution in [0.2, 0.25) is 0 Å². The van der Waals surface area contributed by atoms with Crippen molar-refractivity contribution in [1.82, 2.24) is 4.90 Å². The normalized spacial score (nSPS) is 21.9. The van der Waals surface area contributed by atoms with Gasteiger partial charge in [0.1, 0.15) is 0 Å². The Labute approximate surface area is 159 Å². The molecule has 2 fully saturated rings. The van der Waals surface area contributed by atoms with Gasteiger partial charge in [-0.05, 0) is 49.1 Å². The molecule has 2 amide bonds. The lowest BCUT2D eigenvalue weighted by atomic mass is 9.89. The molecule has 0 radical (unpaired) electrons. The van der Waals surface area contributed by atoms with Gasteiger partial charge < -0.3 is 16.0 Å². The molecular formula is C22H25N3O2. The number of hydrogen-bond acceptors (Lipinski definition) is 3. The van der Waals surface area contributed by atoms with Crippen molar-refractivity contribution in [3.05, 3.63) is 65.7 Å². The highest BCUT2D eigenvalue weighted by molar-refractivity contribution is 5.98. The molecule has 0 spiro atoms.